The fourth-order valence-electron chi connectivity index (χ4n) is 1.83. The quantitative estimate of drug-likeness (QED) is 0.726. The summed E-state index contributed by atoms with van der Waals surface area (Å²) in [6.07, 6.45) is 3.43. The van der Waals surface area contributed by atoms with E-state index in [1.165, 1.54) is 12.8 Å². The van der Waals surface area contributed by atoms with Crippen LogP contribution in [-0.2, 0) is 0 Å². The predicted molar refractivity (Wildman–Crippen MR) is 52.3 cm³/mol. The fourth-order valence-corrected chi connectivity index (χ4v) is 2.10. The number of rotatable bonds is 3. The van der Waals surface area contributed by atoms with Gasteiger partial charge in [0.1, 0.15) is 0 Å². The van der Waals surface area contributed by atoms with Gasteiger partial charge in [-0.2, -0.15) is 0 Å². The molecule has 13 heavy (non-hydrogen) atoms. The number of nitrogens with one attached hydrogen (secondary N) is 2. The molecule has 5 heteroatoms. The number of aromatic nitrogens is 3. The van der Waals surface area contributed by atoms with Gasteiger partial charge in [-0.15, -0.1) is 0 Å². The second kappa shape index (κ2) is 3.14. The van der Waals surface area contributed by atoms with Crippen LogP contribution in [0.3, 0.4) is 0 Å². The molecule has 0 aromatic carbocycles. The van der Waals surface area contributed by atoms with Crippen LogP contribution < -0.4 is 5.69 Å². The zero-order valence-corrected chi connectivity index (χ0v) is 8.36. The van der Waals surface area contributed by atoms with Crippen LogP contribution in [0, 0.1) is 10.7 Å². The maximum atomic E-state index is 11.4. The van der Waals surface area contributed by atoms with Crippen LogP contribution in [0.15, 0.2) is 4.79 Å². The maximum absolute atomic E-state index is 11.4. The SMILES string of the molecule is CCC(C1CC1)n1c(=O)[nH][nH]c1=S. The minimum atomic E-state index is -0.108. The van der Waals surface area contributed by atoms with Crippen molar-refractivity contribution >= 4 is 12.2 Å². The van der Waals surface area contributed by atoms with Crippen molar-refractivity contribution in [3.63, 3.8) is 0 Å². The number of nitrogens with zero attached hydrogens (tertiary/aromatic N) is 1. The van der Waals surface area contributed by atoms with E-state index in [1.807, 2.05) is 0 Å². The number of hydrogen-bond acceptors (Lipinski definition) is 2. The Hall–Kier alpha value is -0.840. The third kappa shape index (κ3) is 1.48. The molecule has 1 aliphatic rings. The summed E-state index contributed by atoms with van der Waals surface area (Å²) in [6, 6.07) is 0.294. The van der Waals surface area contributed by atoms with Crippen molar-refractivity contribution < 1.29 is 0 Å². The predicted octanol–water partition coefficient (Wildman–Crippen LogP) is 1.60. The van der Waals surface area contributed by atoms with E-state index in [2.05, 4.69) is 17.1 Å². The van der Waals surface area contributed by atoms with Gasteiger partial charge in [-0.05, 0) is 37.4 Å². The summed E-state index contributed by atoms with van der Waals surface area (Å²) in [4.78, 5) is 11.4. The smallest absolute Gasteiger partial charge is 0.272 e. The minimum absolute atomic E-state index is 0.108. The summed E-state index contributed by atoms with van der Waals surface area (Å²) in [5.41, 5.74) is -0.108. The lowest BCUT2D eigenvalue weighted by molar-refractivity contribution is 0.417. The maximum Gasteiger partial charge on any atom is 0.342 e. The summed E-state index contributed by atoms with van der Waals surface area (Å²) in [7, 11) is 0. The fraction of sp³-hybridized carbons (Fsp3) is 0.750. The third-order valence-corrected chi connectivity index (χ3v) is 2.93. The van der Waals surface area contributed by atoms with Crippen LogP contribution in [0.25, 0.3) is 0 Å². The standard InChI is InChI=1S/C8H13N3OS/c1-2-6(5-3-4-5)11-7(12)9-10-8(11)13/h5-6H,2-4H2,1H3,(H,9,12)(H,10,13). The molecule has 1 aliphatic carbocycles. The van der Waals surface area contributed by atoms with Gasteiger partial charge in [0.2, 0.25) is 0 Å². The summed E-state index contributed by atoms with van der Waals surface area (Å²) >= 11 is 5.04. The second-order valence-electron chi connectivity index (χ2n) is 3.54. The number of hydrogen-bond donors (Lipinski definition) is 2. The van der Waals surface area contributed by atoms with Gasteiger partial charge in [0, 0.05) is 6.04 Å². The van der Waals surface area contributed by atoms with Gasteiger partial charge < -0.3 is 0 Å². The Bertz CT molecular complexity index is 371. The molecule has 0 radical (unpaired) electrons. The Balaban J connectivity index is 2.41. The monoisotopic (exact) mass is 199 g/mol. The van der Waals surface area contributed by atoms with Crippen molar-refractivity contribution in [1.29, 1.82) is 0 Å². The lowest BCUT2D eigenvalue weighted by atomic mass is 10.1. The molecule has 1 aromatic rings. The first-order valence-corrected chi connectivity index (χ1v) is 5.04. The number of H-pyrrole nitrogens is 2. The lowest BCUT2D eigenvalue weighted by Gasteiger charge is -2.13. The van der Waals surface area contributed by atoms with Crippen molar-refractivity contribution in [2.75, 3.05) is 0 Å². The van der Waals surface area contributed by atoms with Gasteiger partial charge >= 0.3 is 5.69 Å². The van der Waals surface area contributed by atoms with Crippen LogP contribution in [0.4, 0.5) is 0 Å². The van der Waals surface area contributed by atoms with Gasteiger partial charge in [0.15, 0.2) is 4.77 Å². The van der Waals surface area contributed by atoms with Crippen molar-refractivity contribution in [3.8, 4) is 0 Å². The van der Waals surface area contributed by atoms with Crippen molar-refractivity contribution in [1.82, 2.24) is 14.8 Å². The Labute approximate surface area is 81.0 Å². The van der Waals surface area contributed by atoms with Crippen LogP contribution >= 0.6 is 12.2 Å². The zero-order chi connectivity index (χ0) is 9.42. The molecule has 0 aliphatic heterocycles. The molecular weight excluding hydrogens is 186 g/mol. The first-order chi connectivity index (χ1) is 6.24. The molecule has 1 heterocycles. The molecular formula is C8H13N3OS. The van der Waals surface area contributed by atoms with Crippen molar-refractivity contribution in [2.24, 2.45) is 5.92 Å². The molecule has 1 atom stereocenters. The lowest BCUT2D eigenvalue weighted by Crippen LogP contribution is -2.23. The van der Waals surface area contributed by atoms with Gasteiger partial charge in [0.25, 0.3) is 0 Å². The second-order valence-corrected chi connectivity index (χ2v) is 3.93. The zero-order valence-electron chi connectivity index (χ0n) is 7.54. The highest BCUT2D eigenvalue weighted by Gasteiger charge is 2.32. The van der Waals surface area contributed by atoms with E-state index >= 15 is 0 Å². The topological polar surface area (TPSA) is 53.6 Å². The molecule has 1 unspecified atom stereocenters. The van der Waals surface area contributed by atoms with Crippen molar-refractivity contribution in [3.05, 3.63) is 15.3 Å². The van der Waals surface area contributed by atoms with Gasteiger partial charge in [-0.1, -0.05) is 6.92 Å². The molecule has 2 N–H and O–H groups in total. The highest BCUT2D eigenvalue weighted by atomic mass is 32.1. The van der Waals surface area contributed by atoms with Gasteiger partial charge in [-0.25, -0.2) is 9.89 Å². The summed E-state index contributed by atoms with van der Waals surface area (Å²) in [5, 5.41) is 5.19. The molecule has 72 valence electrons. The normalized spacial score (nSPS) is 18.8. The van der Waals surface area contributed by atoms with Crippen LogP contribution in [-0.4, -0.2) is 14.8 Å². The first-order valence-electron chi connectivity index (χ1n) is 4.63. The summed E-state index contributed by atoms with van der Waals surface area (Å²) in [6.45, 7) is 2.09. The first kappa shape index (κ1) is 8.74. The Morgan fingerprint density at radius 3 is 2.69 bits per heavy atom. The van der Waals surface area contributed by atoms with E-state index in [0.717, 1.165) is 6.42 Å². The molecule has 2 rings (SSSR count). The Morgan fingerprint density at radius 2 is 2.31 bits per heavy atom. The molecule has 1 aromatic heterocycles. The summed E-state index contributed by atoms with van der Waals surface area (Å²) in [5.74, 6) is 0.661. The Morgan fingerprint density at radius 1 is 1.62 bits per heavy atom. The van der Waals surface area contributed by atoms with Crippen LogP contribution in [0.5, 0.6) is 0 Å². The van der Waals surface area contributed by atoms with Gasteiger partial charge in [0.05, 0.1) is 0 Å². The third-order valence-electron chi connectivity index (χ3n) is 2.63. The van der Waals surface area contributed by atoms with E-state index in [1.54, 1.807) is 4.57 Å². The van der Waals surface area contributed by atoms with Crippen LogP contribution in [0.1, 0.15) is 32.2 Å². The highest BCUT2D eigenvalue weighted by molar-refractivity contribution is 7.71. The van der Waals surface area contributed by atoms with E-state index in [9.17, 15) is 4.79 Å². The van der Waals surface area contributed by atoms with E-state index in [-0.39, 0.29) is 5.69 Å². The van der Waals surface area contributed by atoms with Gasteiger partial charge in [-0.3, -0.25) is 9.67 Å². The molecule has 1 fully saturated rings. The Kier molecular flexibility index (Phi) is 2.11. The number of aromatic amines is 2. The molecule has 0 amide bonds. The van der Waals surface area contributed by atoms with Crippen LogP contribution in [0.2, 0.25) is 0 Å². The average Bonchev–Trinajstić information content (AvgIpc) is 2.88. The minimum Gasteiger partial charge on any atom is -0.272 e. The average molecular weight is 199 g/mol. The molecule has 0 bridgehead atoms. The molecule has 0 spiro atoms. The molecule has 1 saturated carbocycles. The molecule has 0 saturated heterocycles. The summed E-state index contributed by atoms with van der Waals surface area (Å²) < 4.78 is 2.19. The van der Waals surface area contributed by atoms with E-state index in [4.69, 9.17) is 12.2 Å². The van der Waals surface area contributed by atoms with E-state index < -0.39 is 0 Å². The largest absolute Gasteiger partial charge is 0.342 e. The van der Waals surface area contributed by atoms with Crippen molar-refractivity contribution in [2.45, 2.75) is 32.2 Å². The highest BCUT2D eigenvalue weighted by Crippen LogP contribution is 2.40. The van der Waals surface area contributed by atoms with E-state index in [0.29, 0.717) is 16.7 Å². The molecule has 4 nitrogen and oxygen atoms in total.